The maximum atomic E-state index is 13.0. The monoisotopic (exact) mass is 392 g/mol. The number of unbranched alkanes of at least 4 members (excludes halogenated alkanes) is 2. The summed E-state index contributed by atoms with van der Waals surface area (Å²) >= 11 is 1.36. The molecule has 0 aliphatic heterocycles. The van der Waals surface area contributed by atoms with Crippen LogP contribution in [0, 0.1) is 5.82 Å². The van der Waals surface area contributed by atoms with Crippen LogP contribution in [-0.2, 0) is 11.2 Å². The van der Waals surface area contributed by atoms with E-state index in [-0.39, 0.29) is 11.7 Å². The van der Waals surface area contributed by atoms with Crippen LogP contribution in [0.25, 0.3) is 0 Å². The van der Waals surface area contributed by atoms with Gasteiger partial charge in [-0.15, -0.1) is 0 Å². The molecule has 27 heavy (non-hydrogen) atoms. The third kappa shape index (κ3) is 7.62. The van der Waals surface area contributed by atoms with E-state index in [0.29, 0.717) is 19.4 Å². The van der Waals surface area contributed by atoms with Gasteiger partial charge in [0.1, 0.15) is 11.6 Å². The van der Waals surface area contributed by atoms with Crippen LogP contribution in [0.5, 0.6) is 0 Å². The van der Waals surface area contributed by atoms with E-state index in [0.717, 1.165) is 55.3 Å². The first kappa shape index (κ1) is 21.3. The van der Waals surface area contributed by atoms with Crippen LogP contribution in [0.2, 0.25) is 0 Å². The summed E-state index contributed by atoms with van der Waals surface area (Å²) in [5, 5.41) is 3.81. The highest BCUT2D eigenvalue weighted by Gasteiger charge is 2.14. The maximum absolute atomic E-state index is 13.0. The van der Waals surface area contributed by atoms with Gasteiger partial charge in [-0.3, -0.25) is 4.79 Å². The number of nitrogens with one attached hydrogen (secondary N) is 1. The first-order valence-corrected chi connectivity index (χ1v) is 10.5. The highest BCUT2D eigenvalue weighted by molar-refractivity contribution is 7.09. The predicted molar refractivity (Wildman–Crippen MR) is 109 cm³/mol. The quantitative estimate of drug-likeness (QED) is 0.551. The lowest BCUT2D eigenvalue weighted by atomic mass is 10.1. The Morgan fingerprint density at radius 3 is 2.59 bits per heavy atom. The Balaban J connectivity index is 1.93. The summed E-state index contributed by atoms with van der Waals surface area (Å²) in [6.45, 7) is 6.51. The number of carbonyl (C=O) groups excluding carboxylic acids is 1. The minimum atomic E-state index is -0.242. The molecule has 0 spiro atoms. The molecule has 0 saturated carbocycles. The fourth-order valence-electron chi connectivity index (χ4n) is 2.61. The van der Waals surface area contributed by atoms with E-state index in [1.54, 1.807) is 12.1 Å². The number of benzene rings is 1. The minimum Gasteiger partial charge on any atom is -0.356 e. The SMILES string of the molecule is CCCCNC(=O)CCN(CCCC)c1nc(Cc2ccc(F)cc2)ns1. The van der Waals surface area contributed by atoms with E-state index in [1.807, 2.05) is 0 Å². The fourth-order valence-corrected chi connectivity index (χ4v) is 3.35. The Morgan fingerprint density at radius 2 is 1.89 bits per heavy atom. The Hall–Kier alpha value is -2.02. The topological polar surface area (TPSA) is 58.1 Å². The fraction of sp³-hybridized carbons (Fsp3) is 0.550. The molecule has 1 N–H and O–H groups in total. The number of nitrogens with zero attached hydrogens (tertiary/aromatic N) is 3. The van der Waals surface area contributed by atoms with Gasteiger partial charge in [0.05, 0.1) is 0 Å². The molecule has 1 heterocycles. The lowest BCUT2D eigenvalue weighted by Crippen LogP contribution is -2.32. The Labute approximate surface area is 165 Å². The minimum absolute atomic E-state index is 0.0843. The van der Waals surface area contributed by atoms with Crippen LogP contribution in [0.3, 0.4) is 0 Å². The van der Waals surface area contributed by atoms with Crippen molar-refractivity contribution >= 4 is 22.6 Å². The van der Waals surface area contributed by atoms with E-state index >= 15 is 0 Å². The zero-order valence-electron chi connectivity index (χ0n) is 16.2. The van der Waals surface area contributed by atoms with Crippen LogP contribution in [0.15, 0.2) is 24.3 Å². The van der Waals surface area contributed by atoms with Crippen LogP contribution >= 0.6 is 11.5 Å². The van der Waals surface area contributed by atoms with E-state index in [2.05, 4.69) is 33.4 Å². The molecule has 2 aromatic rings. The summed E-state index contributed by atoms with van der Waals surface area (Å²) in [6, 6.07) is 6.41. The predicted octanol–water partition coefficient (Wildman–Crippen LogP) is 4.18. The maximum Gasteiger partial charge on any atom is 0.221 e. The molecule has 1 aromatic heterocycles. The van der Waals surface area contributed by atoms with Gasteiger partial charge in [0.2, 0.25) is 11.0 Å². The molecule has 0 saturated heterocycles. The second kappa shape index (κ2) is 11.6. The van der Waals surface area contributed by atoms with Crippen LogP contribution in [0.1, 0.15) is 57.3 Å². The molecular weight excluding hydrogens is 363 g/mol. The highest BCUT2D eigenvalue weighted by Crippen LogP contribution is 2.20. The number of rotatable bonds is 12. The molecule has 0 bridgehead atoms. The van der Waals surface area contributed by atoms with Gasteiger partial charge in [-0.25, -0.2) is 9.37 Å². The Morgan fingerprint density at radius 1 is 1.15 bits per heavy atom. The molecule has 7 heteroatoms. The van der Waals surface area contributed by atoms with Gasteiger partial charge in [-0.05, 0) is 30.5 Å². The average molecular weight is 393 g/mol. The van der Waals surface area contributed by atoms with Crippen molar-refractivity contribution in [2.45, 2.75) is 52.4 Å². The molecule has 0 fully saturated rings. The molecule has 0 unspecified atom stereocenters. The number of aromatic nitrogens is 2. The summed E-state index contributed by atoms with van der Waals surface area (Å²) in [5.74, 6) is 0.574. The summed E-state index contributed by atoms with van der Waals surface area (Å²) in [7, 11) is 0. The highest BCUT2D eigenvalue weighted by atomic mass is 32.1. The van der Waals surface area contributed by atoms with Gasteiger partial charge in [0.15, 0.2) is 0 Å². The number of amides is 1. The van der Waals surface area contributed by atoms with Crippen molar-refractivity contribution in [3.63, 3.8) is 0 Å². The molecule has 5 nitrogen and oxygen atoms in total. The van der Waals surface area contributed by atoms with Gasteiger partial charge in [-0.1, -0.05) is 38.8 Å². The molecular formula is C20H29FN4OS. The molecule has 1 amide bonds. The number of hydrogen-bond donors (Lipinski definition) is 1. The molecule has 0 atom stereocenters. The van der Waals surface area contributed by atoms with Crippen molar-refractivity contribution in [3.8, 4) is 0 Å². The number of anilines is 1. The van der Waals surface area contributed by atoms with Crippen molar-refractivity contribution in [1.82, 2.24) is 14.7 Å². The van der Waals surface area contributed by atoms with Crippen molar-refractivity contribution in [3.05, 3.63) is 41.5 Å². The Kier molecular flexibility index (Phi) is 9.18. The molecule has 0 radical (unpaired) electrons. The summed E-state index contributed by atoms with van der Waals surface area (Å²) in [4.78, 5) is 18.8. The van der Waals surface area contributed by atoms with Gasteiger partial charge < -0.3 is 10.2 Å². The number of halogens is 1. The first-order chi connectivity index (χ1) is 13.1. The second-order valence-electron chi connectivity index (χ2n) is 6.59. The lowest BCUT2D eigenvalue weighted by molar-refractivity contribution is -0.120. The molecule has 1 aromatic carbocycles. The Bertz CT molecular complexity index is 690. The van der Waals surface area contributed by atoms with Crippen molar-refractivity contribution in [1.29, 1.82) is 0 Å². The standard InChI is InChI=1S/C20H29FN4OS/c1-3-5-12-22-19(26)11-14-25(13-6-4-2)20-23-18(24-27-20)15-16-7-9-17(21)10-8-16/h7-10H,3-6,11-15H2,1-2H3,(H,22,26). The van der Waals surface area contributed by atoms with Gasteiger partial charge >= 0.3 is 0 Å². The molecule has 0 aliphatic rings. The number of hydrogen-bond acceptors (Lipinski definition) is 5. The summed E-state index contributed by atoms with van der Waals surface area (Å²) < 4.78 is 17.5. The summed E-state index contributed by atoms with van der Waals surface area (Å²) in [6.07, 6.45) is 5.25. The van der Waals surface area contributed by atoms with Crippen molar-refractivity contribution in [2.24, 2.45) is 0 Å². The summed E-state index contributed by atoms with van der Waals surface area (Å²) in [5.41, 5.74) is 0.983. The third-order valence-corrected chi connectivity index (χ3v) is 5.06. The van der Waals surface area contributed by atoms with Crippen LogP contribution in [-0.4, -0.2) is 34.9 Å². The first-order valence-electron chi connectivity index (χ1n) is 9.71. The van der Waals surface area contributed by atoms with Gasteiger partial charge in [0.25, 0.3) is 0 Å². The van der Waals surface area contributed by atoms with E-state index in [9.17, 15) is 9.18 Å². The molecule has 148 valence electrons. The van der Waals surface area contributed by atoms with Crippen molar-refractivity contribution < 1.29 is 9.18 Å². The normalized spacial score (nSPS) is 10.8. The number of carbonyl (C=O) groups is 1. The second-order valence-corrected chi connectivity index (χ2v) is 7.32. The van der Waals surface area contributed by atoms with Crippen molar-refractivity contribution in [2.75, 3.05) is 24.5 Å². The van der Waals surface area contributed by atoms with E-state index in [1.165, 1.54) is 23.7 Å². The molecule has 0 aliphatic carbocycles. The van der Waals surface area contributed by atoms with E-state index < -0.39 is 0 Å². The lowest BCUT2D eigenvalue weighted by Gasteiger charge is -2.20. The average Bonchev–Trinajstić information content (AvgIpc) is 3.12. The van der Waals surface area contributed by atoms with Gasteiger partial charge in [-0.2, -0.15) is 4.37 Å². The zero-order valence-corrected chi connectivity index (χ0v) is 17.0. The van der Waals surface area contributed by atoms with Gasteiger partial charge in [0, 0.05) is 44.0 Å². The molecule has 2 rings (SSSR count). The van der Waals surface area contributed by atoms with E-state index in [4.69, 9.17) is 0 Å². The third-order valence-electron chi connectivity index (χ3n) is 4.25. The van der Waals surface area contributed by atoms with Crippen LogP contribution in [0.4, 0.5) is 9.52 Å². The smallest absolute Gasteiger partial charge is 0.221 e. The largest absolute Gasteiger partial charge is 0.356 e. The van der Waals surface area contributed by atoms with Crippen LogP contribution < -0.4 is 10.2 Å². The zero-order chi connectivity index (χ0) is 19.5.